The Morgan fingerprint density at radius 2 is 2.12 bits per heavy atom. The van der Waals surface area contributed by atoms with Crippen molar-refractivity contribution in [2.45, 2.75) is 16.5 Å². The average molecular weight is 328 g/mol. The SMILES string of the molecule is CC(Sc1nccs1)C(=O)c1ccc(Br)cc1. The number of aromatic nitrogens is 1. The van der Waals surface area contributed by atoms with Gasteiger partial charge in [0.15, 0.2) is 5.78 Å². The van der Waals surface area contributed by atoms with Gasteiger partial charge in [0.25, 0.3) is 0 Å². The highest BCUT2D eigenvalue weighted by Crippen LogP contribution is 2.27. The molecule has 0 bridgehead atoms. The minimum atomic E-state index is -0.109. The van der Waals surface area contributed by atoms with Crippen molar-refractivity contribution in [1.82, 2.24) is 4.98 Å². The summed E-state index contributed by atoms with van der Waals surface area (Å²) in [7, 11) is 0. The van der Waals surface area contributed by atoms with Crippen molar-refractivity contribution in [2.24, 2.45) is 0 Å². The van der Waals surface area contributed by atoms with E-state index in [0.717, 1.165) is 14.4 Å². The molecular weight excluding hydrogens is 318 g/mol. The lowest BCUT2D eigenvalue weighted by atomic mass is 10.1. The molecule has 0 N–H and O–H groups in total. The van der Waals surface area contributed by atoms with Gasteiger partial charge in [-0.3, -0.25) is 4.79 Å². The Labute approximate surface area is 117 Å². The predicted octanol–water partition coefficient (Wildman–Crippen LogP) is 4.27. The van der Waals surface area contributed by atoms with Crippen LogP contribution in [0.25, 0.3) is 0 Å². The molecule has 5 heteroatoms. The van der Waals surface area contributed by atoms with Gasteiger partial charge in [0.05, 0.1) is 5.25 Å². The molecule has 0 radical (unpaired) electrons. The van der Waals surface area contributed by atoms with Gasteiger partial charge in [-0.1, -0.05) is 39.8 Å². The van der Waals surface area contributed by atoms with Crippen molar-refractivity contribution in [3.8, 4) is 0 Å². The number of hydrogen-bond acceptors (Lipinski definition) is 4. The molecule has 2 rings (SSSR count). The van der Waals surface area contributed by atoms with E-state index in [0.29, 0.717) is 0 Å². The highest BCUT2D eigenvalue weighted by molar-refractivity contribution is 9.10. The van der Waals surface area contributed by atoms with Crippen LogP contribution in [0.1, 0.15) is 17.3 Å². The maximum Gasteiger partial charge on any atom is 0.175 e. The molecule has 1 heterocycles. The zero-order valence-corrected chi connectivity index (χ0v) is 12.3. The molecule has 2 nitrogen and oxygen atoms in total. The third kappa shape index (κ3) is 3.40. The predicted molar refractivity (Wildman–Crippen MR) is 75.9 cm³/mol. The molecule has 0 spiro atoms. The van der Waals surface area contributed by atoms with E-state index in [1.54, 1.807) is 17.5 Å². The summed E-state index contributed by atoms with van der Waals surface area (Å²) >= 11 is 6.42. The second-order valence-corrected chi connectivity index (χ2v) is 6.83. The average Bonchev–Trinajstić information content (AvgIpc) is 2.82. The van der Waals surface area contributed by atoms with Gasteiger partial charge in [-0.25, -0.2) is 4.98 Å². The van der Waals surface area contributed by atoms with Gasteiger partial charge in [-0.2, -0.15) is 0 Å². The maximum atomic E-state index is 12.1. The summed E-state index contributed by atoms with van der Waals surface area (Å²) in [5.41, 5.74) is 0.741. The van der Waals surface area contributed by atoms with Crippen molar-refractivity contribution in [1.29, 1.82) is 0 Å². The van der Waals surface area contributed by atoms with Crippen LogP contribution in [0.3, 0.4) is 0 Å². The Kier molecular flexibility index (Phi) is 4.36. The Morgan fingerprint density at radius 1 is 1.41 bits per heavy atom. The monoisotopic (exact) mass is 327 g/mol. The molecule has 17 heavy (non-hydrogen) atoms. The standard InChI is InChI=1S/C12H10BrNOS2/c1-8(17-12-14-6-7-16-12)11(15)9-2-4-10(13)5-3-9/h2-8H,1H3. The molecule has 0 amide bonds. The topological polar surface area (TPSA) is 30.0 Å². The van der Waals surface area contributed by atoms with E-state index in [9.17, 15) is 4.79 Å². The molecule has 1 aromatic carbocycles. The van der Waals surface area contributed by atoms with Gasteiger partial charge in [0, 0.05) is 21.6 Å². The van der Waals surface area contributed by atoms with Crippen LogP contribution < -0.4 is 0 Å². The van der Waals surface area contributed by atoms with Gasteiger partial charge in [0.1, 0.15) is 4.34 Å². The lowest BCUT2D eigenvalue weighted by molar-refractivity contribution is 0.0994. The molecule has 0 saturated carbocycles. The quantitative estimate of drug-likeness (QED) is 0.620. The van der Waals surface area contributed by atoms with Crippen LogP contribution in [0.2, 0.25) is 0 Å². The summed E-state index contributed by atoms with van der Waals surface area (Å²) in [6.07, 6.45) is 1.75. The van der Waals surface area contributed by atoms with Crippen LogP contribution >= 0.6 is 39.0 Å². The third-order valence-corrected chi connectivity index (χ3v) is 4.73. The molecule has 2 aromatic rings. The molecule has 88 valence electrons. The molecule has 0 aliphatic heterocycles. The first kappa shape index (κ1) is 12.8. The number of nitrogens with zero attached hydrogens (tertiary/aromatic N) is 1. The van der Waals surface area contributed by atoms with Crippen molar-refractivity contribution in [3.63, 3.8) is 0 Å². The molecule has 1 atom stereocenters. The number of halogens is 1. The smallest absolute Gasteiger partial charge is 0.175 e. The first-order valence-corrected chi connectivity index (χ1v) is 7.58. The second-order valence-electron chi connectivity index (χ2n) is 3.43. The van der Waals surface area contributed by atoms with Crippen molar-refractivity contribution >= 4 is 44.8 Å². The fourth-order valence-corrected chi connectivity index (χ4v) is 3.44. The number of carbonyl (C=O) groups is 1. The number of hydrogen-bond donors (Lipinski definition) is 0. The molecule has 1 unspecified atom stereocenters. The Hall–Kier alpha value is -0.650. The lowest BCUT2D eigenvalue weighted by Gasteiger charge is -2.08. The van der Waals surface area contributed by atoms with Crippen LogP contribution in [-0.2, 0) is 0 Å². The summed E-state index contributed by atoms with van der Waals surface area (Å²) in [5, 5.41) is 1.81. The van der Waals surface area contributed by atoms with E-state index in [4.69, 9.17) is 0 Å². The fourth-order valence-electron chi connectivity index (χ4n) is 1.32. The van der Waals surface area contributed by atoms with E-state index in [1.807, 2.05) is 36.6 Å². The van der Waals surface area contributed by atoms with Gasteiger partial charge in [-0.15, -0.1) is 11.3 Å². The van der Waals surface area contributed by atoms with Crippen molar-refractivity contribution in [2.75, 3.05) is 0 Å². The van der Waals surface area contributed by atoms with E-state index in [-0.39, 0.29) is 11.0 Å². The Bertz CT molecular complexity index is 496. The Balaban J connectivity index is 2.07. The highest BCUT2D eigenvalue weighted by Gasteiger charge is 2.17. The number of Topliss-reactive ketones (excluding diaryl/α,β-unsaturated/α-hetero) is 1. The van der Waals surface area contributed by atoms with Crippen LogP contribution in [-0.4, -0.2) is 16.0 Å². The largest absolute Gasteiger partial charge is 0.293 e. The van der Waals surface area contributed by atoms with Gasteiger partial charge in [-0.05, 0) is 19.1 Å². The first-order chi connectivity index (χ1) is 8.16. The van der Waals surface area contributed by atoms with Crippen molar-refractivity contribution in [3.05, 3.63) is 45.9 Å². The van der Waals surface area contributed by atoms with E-state index >= 15 is 0 Å². The molecule has 1 aromatic heterocycles. The van der Waals surface area contributed by atoms with Gasteiger partial charge < -0.3 is 0 Å². The van der Waals surface area contributed by atoms with E-state index in [2.05, 4.69) is 20.9 Å². The minimum absolute atomic E-state index is 0.109. The van der Waals surface area contributed by atoms with Crippen LogP contribution in [0.5, 0.6) is 0 Å². The zero-order chi connectivity index (χ0) is 12.3. The lowest BCUT2D eigenvalue weighted by Crippen LogP contribution is -2.13. The van der Waals surface area contributed by atoms with Crippen LogP contribution in [0.15, 0.2) is 44.7 Å². The number of thioether (sulfide) groups is 1. The second kappa shape index (κ2) is 5.80. The summed E-state index contributed by atoms with van der Waals surface area (Å²) in [6.45, 7) is 1.91. The van der Waals surface area contributed by atoms with E-state index in [1.165, 1.54) is 11.8 Å². The normalized spacial score (nSPS) is 12.4. The van der Waals surface area contributed by atoms with Gasteiger partial charge in [0.2, 0.25) is 0 Å². The maximum absolute atomic E-state index is 12.1. The van der Waals surface area contributed by atoms with Crippen LogP contribution in [0, 0.1) is 0 Å². The number of thiazole rings is 1. The minimum Gasteiger partial charge on any atom is -0.293 e. The molecule has 0 fully saturated rings. The summed E-state index contributed by atoms with van der Waals surface area (Å²) in [4.78, 5) is 16.3. The molecule has 0 aliphatic rings. The summed E-state index contributed by atoms with van der Waals surface area (Å²) in [6, 6.07) is 7.44. The molecule has 0 aliphatic carbocycles. The van der Waals surface area contributed by atoms with Gasteiger partial charge >= 0.3 is 0 Å². The van der Waals surface area contributed by atoms with Crippen molar-refractivity contribution < 1.29 is 4.79 Å². The number of benzene rings is 1. The molecular formula is C12H10BrNOS2. The number of ketones is 1. The fraction of sp³-hybridized carbons (Fsp3) is 0.167. The molecule has 0 saturated heterocycles. The van der Waals surface area contributed by atoms with E-state index < -0.39 is 0 Å². The number of carbonyl (C=O) groups excluding carboxylic acids is 1. The number of rotatable bonds is 4. The first-order valence-electron chi connectivity index (χ1n) is 5.03. The summed E-state index contributed by atoms with van der Waals surface area (Å²) < 4.78 is 1.91. The highest BCUT2D eigenvalue weighted by atomic mass is 79.9. The summed E-state index contributed by atoms with van der Waals surface area (Å²) in [5.74, 6) is 0.137. The third-order valence-electron chi connectivity index (χ3n) is 2.19. The zero-order valence-electron chi connectivity index (χ0n) is 9.09. The van der Waals surface area contributed by atoms with Crippen LogP contribution in [0.4, 0.5) is 0 Å². The Morgan fingerprint density at radius 3 is 2.71 bits per heavy atom.